The molecule has 1 saturated heterocycles. The Kier molecular flexibility index (Phi) is 4.74. The quantitative estimate of drug-likeness (QED) is 0.503. The van der Waals surface area contributed by atoms with E-state index >= 15 is 0 Å². The van der Waals surface area contributed by atoms with Crippen LogP contribution in [0.5, 0.6) is 0 Å². The van der Waals surface area contributed by atoms with Crippen molar-refractivity contribution in [1.82, 2.24) is 5.32 Å². The van der Waals surface area contributed by atoms with Crippen LogP contribution in [0.3, 0.4) is 0 Å². The second-order valence-electron chi connectivity index (χ2n) is 4.44. The van der Waals surface area contributed by atoms with Crippen LogP contribution in [0, 0.1) is 22.5 Å². The number of non-ortho nitro benzene ring substituents is 1. The predicted octanol–water partition coefficient (Wildman–Crippen LogP) is 0.794. The number of benzene rings is 1. The second-order valence-corrected chi connectivity index (χ2v) is 4.44. The number of carbonyl (C=O) groups is 1. The highest BCUT2D eigenvalue weighted by Gasteiger charge is 2.21. The van der Waals surface area contributed by atoms with E-state index in [4.69, 9.17) is 11.2 Å². The number of terminal acetylenes is 1. The molecule has 0 saturated carbocycles. The van der Waals surface area contributed by atoms with Gasteiger partial charge in [0.05, 0.1) is 35.9 Å². The van der Waals surface area contributed by atoms with Crippen molar-refractivity contribution in [2.75, 3.05) is 37.7 Å². The van der Waals surface area contributed by atoms with Crippen molar-refractivity contribution >= 4 is 17.3 Å². The third-order valence-electron chi connectivity index (χ3n) is 3.14. The minimum Gasteiger partial charge on any atom is -0.378 e. The number of amides is 1. The minimum atomic E-state index is -0.527. The summed E-state index contributed by atoms with van der Waals surface area (Å²) in [7, 11) is 0. The zero-order valence-corrected chi connectivity index (χ0v) is 11.4. The fourth-order valence-electron chi connectivity index (χ4n) is 2.13. The first-order chi connectivity index (χ1) is 10.1. The molecule has 7 heteroatoms. The molecule has 1 aliphatic heterocycles. The van der Waals surface area contributed by atoms with Gasteiger partial charge < -0.3 is 15.0 Å². The summed E-state index contributed by atoms with van der Waals surface area (Å²) in [6, 6.07) is 4.26. The number of ether oxygens (including phenoxy) is 1. The molecule has 0 bridgehead atoms. The van der Waals surface area contributed by atoms with Crippen LogP contribution < -0.4 is 10.2 Å². The van der Waals surface area contributed by atoms with Crippen molar-refractivity contribution in [3.05, 3.63) is 33.9 Å². The molecule has 2 rings (SSSR count). The maximum Gasteiger partial charge on any atom is 0.270 e. The Morgan fingerprint density at radius 1 is 1.48 bits per heavy atom. The summed E-state index contributed by atoms with van der Waals surface area (Å²) in [6.07, 6.45) is 5.11. The zero-order valence-electron chi connectivity index (χ0n) is 11.4. The van der Waals surface area contributed by atoms with Crippen molar-refractivity contribution < 1.29 is 14.5 Å². The van der Waals surface area contributed by atoms with Crippen molar-refractivity contribution in [3.8, 4) is 12.3 Å². The first-order valence-electron chi connectivity index (χ1n) is 6.46. The van der Waals surface area contributed by atoms with Gasteiger partial charge in [-0.1, -0.05) is 5.92 Å². The van der Waals surface area contributed by atoms with Gasteiger partial charge >= 0.3 is 0 Å². The standard InChI is InChI=1S/C14H15N3O4/c1-2-5-15-14(18)12-10-11(17(19)20)3-4-13(12)16-6-8-21-9-7-16/h1,3-4,10H,5-9H2,(H,15,18). The molecule has 1 aliphatic rings. The van der Waals surface area contributed by atoms with E-state index in [2.05, 4.69) is 11.2 Å². The van der Waals surface area contributed by atoms with Crippen LogP contribution >= 0.6 is 0 Å². The Labute approximate surface area is 122 Å². The third kappa shape index (κ3) is 3.49. The number of nitrogens with one attached hydrogen (secondary N) is 1. The number of hydrogen-bond donors (Lipinski definition) is 1. The number of nitro groups is 1. The Hall–Kier alpha value is -2.59. The van der Waals surface area contributed by atoms with Crippen LogP contribution in [-0.2, 0) is 4.74 Å². The van der Waals surface area contributed by atoms with E-state index < -0.39 is 10.8 Å². The van der Waals surface area contributed by atoms with Crippen LogP contribution in [0.25, 0.3) is 0 Å². The fraction of sp³-hybridized carbons (Fsp3) is 0.357. The molecule has 1 aromatic rings. The molecule has 0 spiro atoms. The van der Waals surface area contributed by atoms with Gasteiger partial charge in [0.2, 0.25) is 0 Å². The number of nitro benzene ring substituents is 1. The molecule has 0 radical (unpaired) electrons. The van der Waals surface area contributed by atoms with Crippen LogP contribution in [-0.4, -0.2) is 43.7 Å². The highest BCUT2D eigenvalue weighted by atomic mass is 16.6. The lowest BCUT2D eigenvalue weighted by Gasteiger charge is -2.30. The minimum absolute atomic E-state index is 0.0735. The molecule has 0 atom stereocenters. The highest BCUT2D eigenvalue weighted by Crippen LogP contribution is 2.26. The van der Waals surface area contributed by atoms with E-state index in [1.807, 2.05) is 4.90 Å². The number of nitrogens with zero attached hydrogens (tertiary/aromatic N) is 2. The van der Waals surface area contributed by atoms with Gasteiger partial charge in [0.1, 0.15) is 0 Å². The molecule has 110 valence electrons. The fourth-order valence-corrected chi connectivity index (χ4v) is 2.13. The van der Waals surface area contributed by atoms with Gasteiger partial charge in [-0.25, -0.2) is 0 Å². The number of anilines is 1. The average Bonchev–Trinajstić information content (AvgIpc) is 2.52. The number of hydrogen-bond acceptors (Lipinski definition) is 5. The van der Waals surface area contributed by atoms with E-state index in [1.54, 1.807) is 6.07 Å². The maximum atomic E-state index is 12.2. The van der Waals surface area contributed by atoms with Crippen LogP contribution in [0.2, 0.25) is 0 Å². The molecule has 1 amide bonds. The Morgan fingerprint density at radius 3 is 2.81 bits per heavy atom. The number of morpholine rings is 1. The van der Waals surface area contributed by atoms with E-state index in [1.165, 1.54) is 12.1 Å². The summed E-state index contributed by atoms with van der Waals surface area (Å²) >= 11 is 0. The van der Waals surface area contributed by atoms with E-state index in [0.29, 0.717) is 32.0 Å². The smallest absolute Gasteiger partial charge is 0.270 e. The molecule has 1 heterocycles. The molecule has 1 fully saturated rings. The third-order valence-corrected chi connectivity index (χ3v) is 3.14. The molecule has 0 unspecified atom stereocenters. The molecule has 21 heavy (non-hydrogen) atoms. The largest absolute Gasteiger partial charge is 0.378 e. The molecule has 1 aromatic carbocycles. The van der Waals surface area contributed by atoms with Gasteiger partial charge in [-0.15, -0.1) is 6.42 Å². The van der Waals surface area contributed by atoms with Gasteiger partial charge in [-0.3, -0.25) is 14.9 Å². The molecular weight excluding hydrogens is 274 g/mol. The maximum absolute atomic E-state index is 12.2. The Balaban J connectivity index is 2.35. The molecular formula is C14H15N3O4. The van der Waals surface area contributed by atoms with Crippen LogP contribution in [0.15, 0.2) is 18.2 Å². The molecule has 0 aromatic heterocycles. The van der Waals surface area contributed by atoms with Gasteiger partial charge in [0.15, 0.2) is 0 Å². The molecule has 7 nitrogen and oxygen atoms in total. The van der Waals surface area contributed by atoms with Crippen molar-refractivity contribution in [3.63, 3.8) is 0 Å². The summed E-state index contributed by atoms with van der Waals surface area (Å²) in [4.78, 5) is 24.5. The predicted molar refractivity (Wildman–Crippen MR) is 77.3 cm³/mol. The normalized spacial score (nSPS) is 14.3. The monoisotopic (exact) mass is 289 g/mol. The van der Waals surface area contributed by atoms with Gasteiger partial charge in [-0.2, -0.15) is 0 Å². The first-order valence-corrected chi connectivity index (χ1v) is 6.46. The van der Waals surface area contributed by atoms with Gasteiger partial charge in [-0.05, 0) is 6.07 Å². The van der Waals surface area contributed by atoms with E-state index in [0.717, 1.165) is 0 Å². The Morgan fingerprint density at radius 2 is 2.19 bits per heavy atom. The lowest BCUT2D eigenvalue weighted by atomic mass is 10.1. The lowest BCUT2D eigenvalue weighted by Crippen LogP contribution is -2.38. The van der Waals surface area contributed by atoms with Crippen molar-refractivity contribution in [2.24, 2.45) is 0 Å². The Bertz CT molecular complexity index is 588. The van der Waals surface area contributed by atoms with Gasteiger partial charge in [0.25, 0.3) is 11.6 Å². The highest BCUT2D eigenvalue weighted by molar-refractivity contribution is 6.00. The number of rotatable bonds is 4. The van der Waals surface area contributed by atoms with Crippen LogP contribution in [0.1, 0.15) is 10.4 Å². The summed E-state index contributed by atoms with van der Waals surface area (Å²) in [5, 5.41) is 13.4. The second kappa shape index (κ2) is 6.72. The SMILES string of the molecule is C#CCNC(=O)c1cc([N+](=O)[O-])ccc1N1CCOCC1. The zero-order chi connectivity index (χ0) is 15.2. The topological polar surface area (TPSA) is 84.7 Å². The summed E-state index contributed by atoms with van der Waals surface area (Å²) in [5.74, 6) is 1.89. The van der Waals surface area contributed by atoms with E-state index in [-0.39, 0.29) is 17.8 Å². The first kappa shape index (κ1) is 14.8. The summed E-state index contributed by atoms with van der Waals surface area (Å²) in [5.41, 5.74) is 0.776. The number of carbonyl (C=O) groups excluding carboxylic acids is 1. The van der Waals surface area contributed by atoms with Crippen LogP contribution in [0.4, 0.5) is 11.4 Å². The van der Waals surface area contributed by atoms with E-state index in [9.17, 15) is 14.9 Å². The molecule has 1 N–H and O–H groups in total. The average molecular weight is 289 g/mol. The lowest BCUT2D eigenvalue weighted by molar-refractivity contribution is -0.384. The molecule has 0 aliphatic carbocycles. The summed E-state index contributed by atoms with van der Waals surface area (Å²) in [6.45, 7) is 2.45. The van der Waals surface area contributed by atoms with Crippen molar-refractivity contribution in [2.45, 2.75) is 0 Å². The van der Waals surface area contributed by atoms with Gasteiger partial charge in [0, 0.05) is 25.2 Å². The van der Waals surface area contributed by atoms with Crippen molar-refractivity contribution in [1.29, 1.82) is 0 Å². The summed E-state index contributed by atoms with van der Waals surface area (Å²) < 4.78 is 5.27.